The van der Waals surface area contributed by atoms with Crippen LogP contribution in [-0.2, 0) is 0 Å². The fraction of sp³-hybridized carbons (Fsp3) is 0. The molecule has 1 radical (unpaired) electrons. The number of benzene rings is 1. The van der Waals surface area contributed by atoms with E-state index in [0.29, 0.717) is 0 Å². The molecular weight excluding hydrogens is 186 g/mol. The number of hydrogen-bond acceptors (Lipinski definition) is 0. The first-order chi connectivity index (χ1) is 3.80. The van der Waals surface area contributed by atoms with Crippen LogP contribution in [0.15, 0.2) is 24.3 Å². The Morgan fingerprint density at radius 1 is 1.25 bits per heavy atom. The van der Waals surface area contributed by atoms with E-state index in [1.54, 1.807) is 0 Å². The van der Waals surface area contributed by atoms with Crippen molar-refractivity contribution < 1.29 is 0 Å². The van der Waals surface area contributed by atoms with Gasteiger partial charge in [-0.05, 0) is 0 Å². The molecule has 0 saturated heterocycles. The zero-order chi connectivity index (χ0) is 5.98. The summed E-state index contributed by atoms with van der Waals surface area (Å²) in [6, 6.07) is 7.64. The van der Waals surface area contributed by atoms with Gasteiger partial charge in [0.1, 0.15) is 0 Å². The van der Waals surface area contributed by atoms with Gasteiger partial charge in [0.2, 0.25) is 0 Å². The van der Waals surface area contributed by atoms with Gasteiger partial charge < -0.3 is 0 Å². The first kappa shape index (κ1) is 6.15. The molecule has 0 bridgehead atoms. The van der Waals surface area contributed by atoms with E-state index in [-0.39, 0.29) is 0 Å². The molecule has 0 unspecified atom stereocenters. The molecule has 41 valence electrons. The van der Waals surface area contributed by atoms with Gasteiger partial charge in [0.25, 0.3) is 0 Å². The molecule has 0 aliphatic heterocycles. The van der Waals surface area contributed by atoms with E-state index >= 15 is 0 Å². The van der Waals surface area contributed by atoms with E-state index in [9.17, 15) is 0 Å². The summed E-state index contributed by atoms with van der Waals surface area (Å²) in [6.45, 7) is 0. The molecule has 0 fully saturated rings. The Labute approximate surface area is 61.7 Å². The van der Waals surface area contributed by atoms with Crippen LogP contribution in [0, 0.1) is 0 Å². The van der Waals surface area contributed by atoms with E-state index in [4.69, 9.17) is 11.6 Å². The van der Waals surface area contributed by atoms with Crippen LogP contribution in [-0.4, -0.2) is 16.0 Å². The molecule has 0 amide bonds. The van der Waals surface area contributed by atoms with Gasteiger partial charge in [0, 0.05) is 0 Å². The molecule has 8 heavy (non-hydrogen) atoms. The second-order valence-electron chi connectivity index (χ2n) is 1.43. The van der Waals surface area contributed by atoms with Gasteiger partial charge in [0.15, 0.2) is 0 Å². The van der Waals surface area contributed by atoms with Gasteiger partial charge >= 0.3 is 61.4 Å². The molecule has 0 aromatic heterocycles. The Balaban J connectivity index is 3.13. The van der Waals surface area contributed by atoms with Crippen molar-refractivity contribution in [2.24, 2.45) is 0 Å². The Bertz CT molecular complexity index is 165. The molecule has 1 rings (SSSR count). The molecule has 0 aliphatic rings. The first-order valence-corrected chi connectivity index (χ1v) is 3.45. The number of halogens is 1. The normalized spacial score (nSPS) is 9.12. The Kier molecular flexibility index (Phi) is 1.95. The molecular formula is C6H4ClSe. The second kappa shape index (κ2) is 2.54. The van der Waals surface area contributed by atoms with Crippen LogP contribution >= 0.6 is 11.6 Å². The summed E-state index contributed by atoms with van der Waals surface area (Å²) in [5, 5.41) is 0.785. The molecule has 0 saturated carbocycles. The topological polar surface area (TPSA) is 0 Å². The van der Waals surface area contributed by atoms with Crippen LogP contribution in [0.4, 0.5) is 0 Å². The third-order valence-electron chi connectivity index (χ3n) is 0.837. The van der Waals surface area contributed by atoms with E-state index in [2.05, 4.69) is 16.0 Å². The standard InChI is InChI=1S/C6H4ClSe/c7-5-3-1-2-4-6(5)8/h1-4H. The van der Waals surface area contributed by atoms with Crippen molar-refractivity contribution in [3.05, 3.63) is 29.3 Å². The monoisotopic (exact) mass is 191 g/mol. The van der Waals surface area contributed by atoms with Gasteiger partial charge in [-0.25, -0.2) is 0 Å². The maximum atomic E-state index is 5.68. The van der Waals surface area contributed by atoms with Gasteiger partial charge in [0.05, 0.1) is 0 Å². The Morgan fingerprint density at radius 3 is 2.25 bits per heavy atom. The van der Waals surface area contributed by atoms with Crippen LogP contribution in [0.1, 0.15) is 0 Å². The van der Waals surface area contributed by atoms with Crippen molar-refractivity contribution in [3.63, 3.8) is 0 Å². The summed E-state index contributed by atoms with van der Waals surface area (Å²) in [5.41, 5.74) is 0. The fourth-order valence-corrected chi connectivity index (χ4v) is 0.888. The molecule has 0 nitrogen and oxygen atoms in total. The fourth-order valence-electron chi connectivity index (χ4n) is 0.445. The average Bonchev–Trinajstić information content (AvgIpc) is 1.77. The van der Waals surface area contributed by atoms with E-state index in [0.717, 1.165) is 9.48 Å². The van der Waals surface area contributed by atoms with E-state index in [1.807, 2.05) is 24.3 Å². The van der Waals surface area contributed by atoms with E-state index in [1.165, 1.54) is 0 Å². The molecule has 0 heterocycles. The summed E-state index contributed by atoms with van der Waals surface area (Å²) in [5.74, 6) is 0. The zero-order valence-corrected chi connectivity index (χ0v) is 6.56. The summed E-state index contributed by atoms with van der Waals surface area (Å²) in [4.78, 5) is 0. The van der Waals surface area contributed by atoms with E-state index < -0.39 is 0 Å². The van der Waals surface area contributed by atoms with Crippen molar-refractivity contribution >= 4 is 32.1 Å². The number of rotatable bonds is 0. The molecule has 0 spiro atoms. The van der Waals surface area contributed by atoms with Crippen molar-refractivity contribution in [3.8, 4) is 0 Å². The SMILES string of the molecule is Clc1ccccc1[Se]. The predicted octanol–water partition coefficient (Wildman–Crippen LogP) is 1.13. The van der Waals surface area contributed by atoms with Crippen LogP contribution in [0.5, 0.6) is 0 Å². The third kappa shape index (κ3) is 1.25. The molecule has 2 heteroatoms. The average molecular weight is 191 g/mol. The predicted molar refractivity (Wildman–Crippen MR) is 36.8 cm³/mol. The van der Waals surface area contributed by atoms with Crippen molar-refractivity contribution in [1.82, 2.24) is 0 Å². The minimum atomic E-state index is 0.785. The van der Waals surface area contributed by atoms with Crippen LogP contribution in [0.3, 0.4) is 0 Å². The van der Waals surface area contributed by atoms with Gasteiger partial charge in [-0.15, -0.1) is 0 Å². The maximum absolute atomic E-state index is 5.68. The second-order valence-corrected chi connectivity index (χ2v) is 2.76. The third-order valence-corrected chi connectivity index (χ3v) is 2.17. The van der Waals surface area contributed by atoms with Crippen molar-refractivity contribution in [2.45, 2.75) is 0 Å². The summed E-state index contributed by atoms with van der Waals surface area (Å²) >= 11 is 8.52. The van der Waals surface area contributed by atoms with Gasteiger partial charge in [-0.2, -0.15) is 0 Å². The molecule has 0 atom stereocenters. The minimum absolute atomic E-state index is 0.785. The first-order valence-electron chi connectivity index (χ1n) is 2.22. The molecule has 1 aromatic rings. The van der Waals surface area contributed by atoms with Gasteiger partial charge in [-0.3, -0.25) is 0 Å². The number of hydrogen-bond donors (Lipinski definition) is 0. The van der Waals surface area contributed by atoms with Crippen LogP contribution in [0.2, 0.25) is 5.02 Å². The zero-order valence-electron chi connectivity index (χ0n) is 4.10. The van der Waals surface area contributed by atoms with Crippen LogP contribution in [0.25, 0.3) is 0 Å². The summed E-state index contributed by atoms with van der Waals surface area (Å²) < 4.78 is 1.01. The molecule has 0 N–H and O–H groups in total. The Hall–Kier alpha value is 0.0295. The summed E-state index contributed by atoms with van der Waals surface area (Å²) in [7, 11) is 0. The summed E-state index contributed by atoms with van der Waals surface area (Å²) in [6.07, 6.45) is 0. The quantitative estimate of drug-likeness (QED) is 0.538. The molecule has 1 aromatic carbocycles. The van der Waals surface area contributed by atoms with Gasteiger partial charge in [-0.1, -0.05) is 0 Å². The van der Waals surface area contributed by atoms with Crippen molar-refractivity contribution in [1.29, 1.82) is 0 Å². The van der Waals surface area contributed by atoms with Crippen LogP contribution < -0.4 is 4.46 Å². The van der Waals surface area contributed by atoms with Crippen molar-refractivity contribution in [2.75, 3.05) is 0 Å². The molecule has 0 aliphatic carbocycles. The Morgan fingerprint density at radius 2 is 1.88 bits per heavy atom.